The van der Waals surface area contributed by atoms with Gasteiger partial charge >= 0.3 is 12.0 Å². The van der Waals surface area contributed by atoms with Crippen molar-refractivity contribution in [3.05, 3.63) is 35.5 Å². The quantitative estimate of drug-likeness (QED) is 0.924. The van der Waals surface area contributed by atoms with Crippen molar-refractivity contribution in [2.45, 2.75) is 32.7 Å². The smallest absolute Gasteiger partial charge is 0.326 e. The molecule has 1 aliphatic heterocycles. The molecule has 112 valence electrons. The molecule has 6 heteroatoms. The molecular formula is C15H20N4O2. The Hall–Kier alpha value is -2.24. The molecule has 3 heterocycles. The van der Waals surface area contributed by atoms with Crippen LogP contribution in [-0.4, -0.2) is 27.0 Å². The van der Waals surface area contributed by atoms with Crippen molar-refractivity contribution >= 4 is 12.0 Å². The average molecular weight is 288 g/mol. The summed E-state index contributed by atoms with van der Waals surface area (Å²) in [6.45, 7) is 4.44. The standard InChI is InChI=1S/C15H20N4O2/c1-10-11(2)21-14(16-10)17-15(20)19-9-5-7-13(19)12-6-4-8-18(12)3/h4,6,8,13H,5,7,9H2,1-3H3,(H,16,17,20). The summed E-state index contributed by atoms with van der Waals surface area (Å²) in [7, 11) is 2.00. The zero-order chi connectivity index (χ0) is 15.0. The van der Waals surface area contributed by atoms with Gasteiger partial charge in [-0.05, 0) is 38.8 Å². The molecule has 6 nitrogen and oxygen atoms in total. The first kappa shape index (κ1) is 13.7. The monoisotopic (exact) mass is 288 g/mol. The zero-order valence-electron chi connectivity index (χ0n) is 12.6. The van der Waals surface area contributed by atoms with E-state index in [1.54, 1.807) is 0 Å². The van der Waals surface area contributed by atoms with E-state index < -0.39 is 0 Å². The average Bonchev–Trinajstić information content (AvgIpc) is 3.11. The minimum atomic E-state index is -0.153. The highest BCUT2D eigenvalue weighted by Crippen LogP contribution is 2.32. The molecule has 21 heavy (non-hydrogen) atoms. The Morgan fingerprint density at radius 1 is 1.48 bits per heavy atom. The Kier molecular flexibility index (Phi) is 3.45. The largest absolute Gasteiger partial charge is 0.428 e. The van der Waals surface area contributed by atoms with Gasteiger partial charge in [0, 0.05) is 25.5 Å². The number of nitrogens with zero attached hydrogens (tertiary/aromatic N) is 3. The third kappa shape index (κ3) is 2.53. The summed E-state index contributed by atoms with van der Waals surface area (Å²) in [4.78, 5) is 18.5. The van der Waals surface area contributed by atoms with Gasteiger partial charge in [-0.3, -0.25) is 5.32 Å². The van der Waals surface area contributed by atoms with E-state index in [2.05, 4.69) is 20.9 Å². The Bertz CT molecular complexity index is 639. The first-order valence-electron chi connectivity index (χ1n) is 7.19. The maximum atomic E-state index is 12.5. The van der Waals surface area contributed by atoms with E-state index in [1.165, 1.54) is 0 Å². The summed E-state index contributed by atoms with van der Waals surface area (Å²) < 4.78 is 7.48. The molecule has 1 unspecified atom stereocenters. The molecule has 0 bridgehead atoms. The summed E-state index contributed by atoms with van der Waals surface area (Å²) >= 11 is 0. The van der Waals surface area contributed by atoms with Crippen LogP contribution in [0.2, 0.25) is 0 Å². The number of amides is 2. The van der Waals surface area contributed by atoms with Crippen LogP contribution in [0.4, 0.5) is 10.8 Å². The lowest BCUT2D eigenvalue weighted by atomic mass is 10.1. The first-order valence-corrected chi connectivity index (χ1v) is 7.19. The van der Waals surface area contributed by atoms with Crippen molar-refractivity contribution in [1.29, 1.82) is 0 Å². The summed E-state index contributed by atoms with van der Waals surface area (Å²) in [5.74, 6) is 0.728. The van der Waals surface area contributed by atoms with E-state index in [9.17, 15) is 4.79 Å². The van der Waals surface area contributed by atoms with Crippen LogP contribution in [0, 0.1) is 13.8 Å². The van der Waals surface area contributed by atoms with Crippen LogP contribution in [0.3, 0.4) is 0 Å². The van der Waals surface area contributed by atoms with Crippen LogP contribution >= 0.6 is 0 Å². The molecule has 0 radical (unpaired) electrons. The maximum absolute atomic E-state index is 12.5. The summed E-state index contributed by atoms with van der Waals surface area (Å²) in [6, 6.07) is 4.30. The molecular weight excluding hydrogens is 268 g/mol. The lowest BCUT2D eigenvalue weighted by Crippen LogP contribution is -2.35. The second kappa shape index (κ2) is 5.27. The number of anilines is 1. The van der Waals surface area contributed by atoms with Crippen LogP contribution < -0.4 is 5.32 Å². The molecule has 1 atom stereocenters. The zero-order valence-corrected chi connectivity index (χ0v) is 12.6. The number of hydrogen-bond donors (Lipinski definition) is 1. The molecule has 0 aromatic carbocycles. The van der Waals surface area contributed by atoms with Gasteiger partial charge in [-0.2, -0.15) is 4.98 Å². The fourth-order valence-corrected chi connectivity index (χ4v) is 2.83. The highest BCUT2D eigenvalue weighted by atomic mass is 16.4. The van der Waals surface area contributed by atoms with E-state index in [4.69, 9.17) is 4.42 Å². The van der Waals surface area contributed by atoms with Crippen LogP contribution in [-0.2, 0) is 7.05 Å². The molecule has 2 amide bonds. The minimum Gasteiger partial charge on any atom is -0.428 e. The van der Waals surface area contributed by atoms with Gasteiger partial charge < -0.3 is 13.9 Å². The number of rotatable bonds is 2. The number of nitrogens with one attached hydrogen (secondary N) is 1. The highest BCUT2D eigenvalue weighted by molar-refractivity contribution is 5.87. The van der Waals surface area contributed by atoms with E-state index in [0.29, 0.717) is 0 Å². The number of carbonyl (C=O) groups excluding carboxylic acids is 1. The van der Waals surface area contributed by atoms with Gasteiger partial charge in [0.1, 0.15) is 5.76 Å². The lowest BCUT2D eigenvalue weighted by molar-refractivity contribution is 0.204. The van der Waals surface area contributed by atoms with Gasteiger partial charge in [0.2, 0.25) is 0 Å². The third-order valence-corrected chi connectivity index (χ3v) is 4.08. The second-order valence-electron chi connectivity index (χ2n) is 5.49. The first-order chi connectivity index (χ1) is 10.1. The Morgan fingerprint density at radius 3 is 2.90 bits per heavy atom. The molecule has 3 rings (SSSR count). The van der Waals surface area contributed by atoms with Crippen molar-refractivity contribution < 1.29 is 9.21 Å². The SMILES string of the molecule is Cc1nc(NC(=O)N2CCCC2c2cccn2C)oc1C. The number of urea groups is 1. The van der Waals surface area contributed by atoms with Crippen molar-refractivity contribution in [3.8, 4) is 0 Å². The molecule has 2 aromatic rings. The number of aromatic nitrogens is 2. The molecule has 0 aliphatic carbocycles. The van der Waals surface area contributed by atoms with E-state index >= 15 is 0 Å². The number of aryl methyl sites for hydroxylation is 3. The molecule has 1 aliphatic rings. The molecule has 0 saturated carbocycles. The van der Waals surface area contributed by atoms with Crippen LogP contribution in [0.15, 0.2) is 22.7 Å². The number of hydrogen-bond acceptors (Lipinski definition) is 3. The Balaban J connectivity index is 1.76. The van der Waals surface area contributed by atoms with Crippen LogP contribution in [0.25, 0.3) is 0 Å². The third-order valence-electron chi connectivity index (χ3n) is 4.08. The maximum Gasteiger partial charge on any atom is 0.326 e. The van der Waals surface area contributed by atoms with Crippen LogP contribution in [0.1, 0.15) is 36.0 Å². The fourth-order valence-electron chi connectivity index (χ4n) is 2.83. The number of carbonyl (C=O) groups is 1. The second-order valence-corrected chi connectivity index (χ2v) is 5.49. The molecule has 2 aromatic heterocycles. The summed E-state index contributed by atoms with van der Waals surface area (Å²) in [5.41, 5.74) is 1.95. The highest BCUT2D eigenvalue weighted by Gasteiger charge is 2.31. The topological polar surface area (TPSA) is 63.3 Å². The number of oxazole rings is 1. The number of likely N-dealkylation sites (tertiary alicyclic amines) is 1. The Labute approximate surface area is 123 Å². The van der Waals surface area contributed by atoms with E-state index in [-0.39, 0.29) is 18.1 Å². The van der Waals surface area contributed by atoms with Gasteiger partial charge in [0.15, 0.2) is 0 Å². The van der Waals surface area contributed by atoms with Crippen molar-refractivity contribution in [2.24, 2.45) is 7.05 Å². The van der Waals surface area contributed by atoms with Gasteiger partial charge in [-0.25, -0.2) is 4.79 Å². The van der Waals surface area contributed by atoms with Crippen molar-refractivity contribution in [2.75, 3.05) is 11.9 Å². The molecule has 0 spiro atoms. The van der Waals surface area contributed by atoms with Gasteiger partial charge in [-0.15, -0.1) is 0 Å². The lowest BCUT2D eigenvalue weighted by Gasteiger charge is -2.24. The van der Waals surface area contributed by atoms with Gasteiger partial charge in [0.05, 0.1) is 11.7 Å². The fraction of sp³-hybridized carbons (Fsp3) is 0.467. The van der Waals surface area contributed by atoms with Crippen LogP contribution in [0.5, 0.6) is 0 Å². The predicted octanol–water partition coefficient (Wildman–Crippen LogP) is 3.00. The van der Waals surface area contributed by atoms with Gasteiger partial charge in [-0.1, -0.05) is 0 Å². The predicted molar refractivity (Wildman–Crippen MR) is 79.1 cm³/mol. The summed E-state index contributed by atoms with van der Waals surface area (Å²) in [6.07, 6.45) is 3.99. The van der Waals surface area contributed by atoms with Crippen molar-refractivity contribution in [3.63, 3.8) is 0 Å². The molecule has 1 fully saturated rings. The van der Waals surface area contributed by atoms with E-state index in [0.717, 1.165) is 36.5 Å². The Morgan fingerprint density at radius 2 is 2.29 bits per heavy atom. The normalized spacial score (nSPS) is 18.2. The van der Waals surface area contributed by atoms with Gasteiger partial charge in [0.25, 0.3) is 0 Å². The summed E-state index contributed by atoms with van der Waals surface area (Å²) in [5, 5.41) is 2.76. The van der Waals surface area contributed by atoms with Crippen molar-refractivity contribution in [1.82, 2.24) is 14.5 Å². The molecule has 1 saturated heterocycles. The molecule has 1 N–H and O–H groups in total. The van der Waals surface area contributed by atoms with E-state index in [1.807, 2.05) is 38.1 Å². The minimum absolute atomic E-state index is 0.113.